The third kappa shape index (κ3) is 5.15. The number of pyridine rings is 1. The molecule has 4 aromatic rings. The predicted octanol–water partition coefficient (Wildman–Crippen LogP) is 4.39. The Kier molecular flexibility index (Phi) is 6.89. The summed E-state index contributed by atoms with van der Waals surface area (Å²) in [6.07, 6.45) is 3.43. The Morgan fingerprint density at radius 2 is 1.79 bits per heavy atom. The zero-order chi connectivity index (χ0) is 23.2. The number of hydrogen-bond acceptors (Lipinski definition) is 7. The molecule has 9 heteroatoms. The van der Waals surface area contributed by atoms with Crippen LogP contribution in [0.25, 0.3) is 17.1 Å². The molecule has 0 saturated carbocycles. The fraction of sp³-hybridized carbons (Fsp3) is 0.167. The Hall–Kier alpha value is -3.85. The number of carbonyl (C=O) groups excluding carboxylic acids is 1. The van der Waals surface area contributed by atoms with Crippen LogP contribution in [-0.4, -0.2) is 45.6 Å². The number of hydrogen-bond donors (Lipinski definition) is 1. The lowest BCUT2D eigenvalue weighted by atomic mass is 10.2. The number of anilines is 1. The van der Waals surface area contributed by atoms with Crippen LogP contribution in [0.5, 0.6) is 11.5 Å². The minimum absolute atomic E-state index is 0.161. The van der Waals surface area contributed by atoms with Crippen LogP contribution in [0.2, 0.25) is 0 Å². The van der Waals surface area contributed by atoms with Crippen LogP contribution in [0.15, 0.2) is 72.1 Å². The van der Waals surface area contributed by atoms with Gasteiger partial charge in [-0.15, -0.1) is 10.2 Å². The highest BCUT2D eigenvalue weighted by Crippen LogP contribution is 2.31. The van der Waals surface area contributed by atoms with Crippen LogP contribution in [0.3, 0.4) is 0 Å². The summed E-state index contributed by atoms with van der Waals surface area (Å²) in [5, 5.41) is 12.3. The molecule has 4 rings (SSSR count). The summed E-state index contributed by atoms with van der Waals surface area (Å²) in [6.45, 7) is 2.03. The summed E-state index contributed by atoms with van der Waals surface area (Å²) in [5.41, 5.74) is 3.55. The summed E-state index contributed by atoms with van der Waals surface area (Å²) in [7, 11) is 3.12. The van der Waals surface area contributed by atoms with Crippen molar-refractivity contribution in [1.82, 2.24) is 19.7 Å². The van der Waals surface area contributed by atoms with Crippen molar-refractivity contribution in [2.75, 3.05) is 25.3 Å². The molecule has 0 aliphatic heterocycles. The summed E-state index contributed by atoms with van der Waals surface area (Å²) >= 11 is 1.31. The van der Waals surface area contributed by atoms with Gasteiger partial charge in [-0.2, -0.15) is 0 Å². The van der Waals surface area contributed by atoms with Crippen molar-refractivity contribution in [3.8, 4) is 28.6 Å². The van der Waals surface area contributed by atoms with Crippen LogP contribution in [-0.2, 0) is 4.79 Å². The third-order valence-electron chi connectivity index (χ3n) is 4.83. The van der Waals surface area contributed by atoms with Crippen LogP contribution in [0.1, 0.15) is 5.56 Å². The van der Waals surface area contributed by atoms with Crippen molar-refractivity contribution in [3.63, 3.8) is 0 Å². The number of carbonyl (C=O) groups is 1. The van der Waals surface area contributed by atoms with E-state index in [4.69, 9.17) is 9.47 Å². The highest BCUT2D eigenvalue weighted by molar-refractivity contribution is 7.99. The second-order valence-corrected chi connectivity index (χ2v) is 8.07. The lowest BCUT2D eigenvalue weighted by molar-refractivity contribution is -0.113. The molecule has 168 valence electrons. The smallest absolute Gasteiger partial charge is 0.234 e. The molecular weight excluding hydrogens is 438 g/mol. The lowest BCUT2D eigenvalue weighted by Crippen LogP contribution is -2.14. The molecule has 0 atom stereocenters. The second kappa shape index (κ2) is 10.2. The average Bonchev–Trinajstić information content (AvgIpc) is 3.27. The molecule has 2 aromatic heterocycles. The van der Waals surface area contributed by atoms with E-state index in [1.54, 1.807) is 44.8 Å². The van der Waals surface area contributed by atoms with Crippen LogP contribution >= 0.6 is 11.8 Å². The van der Waals surface area contributed by atoms with Crippen LogP contribution in [0.4, 0.5) is 5.69 Å². The molecule has 0 aliphatic carbocycles. The van der Waals surface area contributed by atoms with Gasteiger partial charge in [-0.3, -0.25) is 14.3 Å². The van der Waals surface area contributed by atoms with Gasteiger partial charge in [-0.05, 0) is 48.9 Å². The predicted molar refractivity (Wildman–Crippen MR) is 128 cm³/mol. The zero-order valence-electron chi connectivity index (χ0n) is 18.5. The van der Waals surface area contributed by atoms with E-state index < -0.39 is 0 Å². The number of rotatable bonds is 8. The number of aromatic nitrogens is 4. The van der Waals surface area contributed by atoms with Gasteiger partial charge in [0.2, 0.25) is 5.91 Å². The molecule has 33 heavy (non-hydrogen) atoms. The summed E-state index contributed by atoms with van der Waals surface area (Å²) in [4.78, 5) is 16.7. The van der Waals surface area contributed by atoms with Gasteiger partial charge in [0.25, 0.3) is 0 Å². The SMILES string of the molecule is COc1ccc(NC(=O)CSc2nnc(-c3ccncc3)n2-c2cccc(C)c2)cc1OC. The zero-order valence-corrected chi connectivity index (χ0v) is 19.3. The maximum atomic E-state index is 12.6. The molecule has 0 spiro atoms. The van der Waals surface area contributed by atoms with Crippen LogP contribution < -0.4 is 14.8 Å². The Bertz CT molecular complexity index is 1260. The molecule has 2 heterocycles. The number of benzene rings is 2. The normalized spacial score (nSPS) is 10.6. The molecule has 0 saturated heterocycles. The summed E-state index contributed by atoms with van der Waals surface area (Å²) < 4.78 is 12.5. The van der Waals surface area contributed by atoms with Crippen molar-refractivity contribution >= 4 is 23.4 Å². The maximum absolute atomic E-state index is 12.6. The van der Waals surface area contributed by atoms with E-state index in [2.05, 4.69) is 26.6 Å². The van der Waals surface area contributed by atoms with Crippen molar-refractivity contribution in [3.05, 3.63) is 72.6 Å². The lowest BCUT2D eigenvalue weighted by Gasteiger charge is -2.12. The quantitative estimate of drug-likeness (QED) is 0.389. The van der Waals surface area contributed by atoms with E-state index in [-0.39, 0.29) is 11.7 Å². The van der Waals surface area contributed by atoms with E-state index in [9.17, 15) is 4.79 Å². The number of nitrogens with one attached hydrogen (secondary N) is 1. The Morgan fingerprint density at radius 3 is 2.52 bits per heavy atom. The standard InChI is InChI=1S/C24H23N5O3S/c1-16-5-4-6-19(13-16)29-23(17-9-11-25-12-10-17)27-28-24(29)33-15-22(30)26-18-7-8-20(31-2)21(14-18)32-3/h4-14H,15H2,1-3H3,(H,26,30). The van der Waals surface area contributed by atoms with Crippen molar-refractivity contribution in [2.24, 2.45) is 0 Å². The minimum Gasteiger partial charge on any atom is -0.493 e. The van der Waals surface area contributed by atoms with Crippen molar-refractivity contribution in [2.45, 2.75) is 12.1 Å². The molecule has 0 bridgehead atoms. The van der Waals surface area contributed by atoms with Gasteiger partial charge in [0.15, 0.2) is 22.5 Å². The minimum atomic E-state index is -0.170. The van der Waals surface area contributed by atoms with Gasteiger partial charge in [-0.1, -0.05) is 23.9 Å². The van der Waals surface area contributed by atoms with Crippen molar-refractivity contribution in [1.29, 1.82) is 0 Å². The first-order valence-corrected chi connectivity index (χ1v) is 11.1. The molecule has 0 unspecified atom stereocenters. The Labute approximate surface area is 196 Å². The number of amides is 1. The third-order valence-corrected chi connectivity index (χ3v) is 5.76. The first-order chi connectivity index (χ1) is 16.1. The molecule has 0 aliphatic rings. The number of ether oxygens (including phenoxy) is 2. The number of nitrogens with zero attached hydrogens (tertiary/aromatic N) is 4. The monoisotopic (exact) mass is 461 g/mol. The van der Waals surface area contributed by atoms with Gasteiger partial charge in [0.05, 0.1) is 20.0 Å². The molecule has 2 aromatic carbocycles. The molecule has 0 fully saturated rings. The van der Waals surface area contributed by atoms with E-state index in [0.29, 0.717) is 28.2 Å². The molecule has 0 radical (unpaired) electrons. The first-order valence-electron chi connectivity index (χ1n) is 10.2. The topological polar surface area (TPSA) is 91.2 Å². The summed E-state index contributed by atoms with van der Waals surface area (Å²) in [6, 6.07) is 17.1. The van der Waals surface area contributed by atoms with Gasteiger partial charge < -0.3 is 14.8 Å². The van der Waals surface area contributed by atoms with E-state index in [0.717, 1.165) is 16.8 Å². The van der Waals surface area contributed by atoms with Gasteiger partial charge in [-0.25, -0.2) is 0 Å². The molecule has 1 amide bonds. The van der Waals surface area contributed by atoms with Gasteiger partial charge in [0, 0.05) is 35.4 Å². The second-order valence-electron chi connectivity index (χ2n) is 7.12. The number of methoxy groups -OCH3 is 2. The van der Waals surface area contributed by atoms with E-state index in [1.807, 2.05) is 41.8 Å². The van der Waals surface area contributed by atoms with E-state index in [1.165, 1.54) is 11.8 Å². The number of thioether (sulfide) groups is 1. The van der Waals surface area contributed by atoms with Crippen LogP contribution in [0, 0.1) is 6.92 Å². The highest BCUT2D eigenvalue weighted by Gasteiger charge is 2.18. The Balaban J connectivity index is 1.56. The molecular formula is C24H23N5O3S. The van der Waals surface area contributed by atoms with Gasteiger partial charge in [0.1, 0.15) is 0 Å². The molecule has 8 nitrogen and oxygen atoms in total. The van der Waals surface area contributed by atoms with Crippen molar-refractivity contribution < 1.29 is 14.3 Å². The Morgan fingerprint density at radius 1 is 1.00 bits per heavy atom. The average molecular weight is 462 g/mol. The highest BCUT2D eigenvalue weighted by atomic mass is 32.2. The molecule has 1 N–H and O–H groups in total. The number of aryl methyl sites for hydroxylation is 1. The summed E-state index contributed by atoms with van der Waals surface area (Å²) in [5.74, 6) is 1.82. The van der Waals surface area contributed by atoms with E-state index >= 15 is 0 Å². The maximum Gasteiger partial charge on any atom is 0.234 e. The van der Waals surface area contributed by atoms with Gasteiger partial charge >= 0.3 is 0 Å². The largest absolute Gasteiger partial charge is 0.493 e. The fourth-order valence-corrected chi connectivity index (χ4v) is 4.04. The fourth-order valence-electron chi connectivity index (χ4n) is 3.29. The first kappa shape index (κ1) is 22.3.